The van der Waals surface area contributed by atoms with Gasteiger partial charge in [0, 0.05) is 28.6 Å². The van der Waals surface area contributed by atoms with E-state index in [0.29, 0.717) is 28.6 Å². The Morgan fingerprint density at radius 2 is 2.17 bits per heavy atom. The number of aliphatic hydroxyl groups excluding tert-OH is 1. The molecule has 0 aliphatic heterocycles. The first-order valence-electron chi connectivity index (χ1n) is 5.61. The molecule has 0 bridgehead atoms. The highest BCUT2D eigenvalue weighted by Crippen LogP contribution is 2.28. The first-order chi connectivity index (χ1) is 8.61. The molecule has 0 spiro atoms. The molecule has 18 heavy (non-hydrogen) atoms. The summed E-state index contributed by atoms with van der Waals surface area (Å²) in [6, 6.07) is 5.03. The number of rotatable bonds is 4. The molecule has 0 aliphatic carbocycles. The first kappa shape index (κ1) is 13.3. The molecule has 1 N–H and O–H groups in total. The summed E-state index contributed by atoms with van der Waals surface area (Å²) in [5.74, 6) is 0.723. The number of benzene rings is 1. The molecule has 2 aromatic rings. The fourth-order valence-electron chi connectivity index (χ4n) is 1.76. The molecule has 0 amide bonds. The van der Waals surface area contributed by atoms with Crippen molar-refractivity contribution in [2.75, 3.05) is 0 Å². The van der Waals surface area contributed by atoms with E-state index in [1.807, 2.05) is 6.92 Å². The number of hydrogen-bond acceptors (Lipinski definition) is 3. The maximum atomic E-state index is 10.2. The fraction of sp³-hybridized carbons (Fsp3) is 0.333. The van der Waals surface area contributed by atoms with Crippen LogP contribution in [0.25, 0.3) is 0 Å². The lowest BCUT2D eigenvalue weighted by atomic mass is 10.1. The Hall–Kier alpha value is -1.10. The minimum Gasteiger partial charge on any atom is -0.388 e. The molecule has 0 saturated heterocycles. The Kier molecular flexibility index (Phi) is 4.22. The van der Waals surface area contributed by atoms with Gasteiger partial charge in [-0.3, -0.25) is 4.68 Å². The normalized spacial score (nSPS) is 12.7. The molecule has 0 aliphatic rings. The molecule has 1 heterocycles. The summed E-state index contributed by atoms with van der Waals surface area (Å²) < 4.78 is 1.74. The van der Waals surface area contributed by atoms with Gasteiger partial charge in [0.15, 0.2) is 0 Å². The van der Waals surface area contributed by atoms with E-state index < -0.39 is 6.10 Å². The topological polar surface area (TPSA) is 50.9 Å². The Balaban J connectivity index is 2.21. The molecule has 1 atom stereocenters. The predicted octanol–water partition coefficient (Wildman–Crippen LogP) is 2.88. The van der Waals surface area contributed by atoms with Crippen molar-refractivity contribution >= 4 is 23.2 Å². The molecular weight excluding hydrogens is 273 g/mol. The second-order valence-corrected chi connectivity index (χ2v) is 4.72. The number of aromatic nitrogens is 3. The van der Waals surface area contributed by atoms with Crippen LogP contribution in [0.4, 0.5) is 0 Å². The monoisotopic (exact) mass is 285 g/mol. The maximum absolute atomic E-state index is 10.2. The number of hydrogen-bond donors (Lipinski definition) is 1. The zero-order valence-electron chi connectivity index (χ0n) is 9.85. The fourth-order valence-corrected chi connectivity index (χ4v) is 2.19. The molecule has 1 aromatic carbocycles. The minimum absolute atomic E-state index is 0.355. The first-order valence-corrected chi connectivity index (χ1v) is 6.37. The van der Waals surface area contributed by atoms with Gasteiger partial charge in [0.05, 0.1) is 6.10 Å². The van der Waals surface area contributed by atoms with Crippen LogP contribution in [0, 0.1) is 0 Å². The van der Waals surface area contributed by atoms with Gasteiger partial charge in [0.25, 0.3) is 0 Å². The molecule has 1 unspecified atom stereocenters. The Morgan fingerprint density at radius 1 is 1.39 bits per heavy atom. The third kappa shape index (κ3) is 2.83. The highest BCUT2D eigenvalue weighted by molar-refractivity contribution is 6.33. The average molecular weight is 286 g/mol. The largest absolute Gasteiger partial charge is 0.388 e. The van der Waals surface area contributed by atoms with Crippen molar-refractivity contribution in [3.63, 3.8) is 0 Å². The number of nitrogens with zero attached hydrogens (tertiary/aromatic N) is 3. The van der Waals surface area contributed by atoms with Crippen LogP contribution in [-0.2, 0) is 13.0 Å². The van der Waals surface area contributed by atoms with Gasteiger partial charge >= 0.3 is 0 Å². The third-order valence-electron chi connectivity index (χ3n) is 2.69. The van der Waals surface area contributed by atoms with Crippen LogP contribution in [0.1, 0.15) is 24.4 Å². The predicted molar refractivity (Wildman–Crippen MR) is 70.8 cm³/mol. The molecule has 0 radical (unpaired) electrons. The van der Waals surface area contributed by atoms with Crippen molar-refractivity contribution in [2.24, 2.45) is 0 Å². The molecule has 6 heteroatoms. The van der Waals surface area contributed by atoms with Crippen LogP contribution < -0.4 is 0 Å². The summed E-state index contributed by atoms with van der Waals surface area (Å²) >= 11 is 11.9. The van der Waals surface area contributed by atoms with Gasteiger partial charge in [-0.15, -0.1) is 0 Å². The van der Waals surface area contributed by atoms with E-state index in [1.54, 1.807) is 22.9 Å². The van der Waals surface area contributed by atoms with E-state index in [-0.39, 0.29) is 0 Å². The van der Waals surface area contributed by atoms with Crippen LogP contribution in [0.15, 0.2) is 24.5 Å². The maximum Gasteiger partial charge on any atom is 0.138 e. The van der Waals surface area contributed by atoms with Crippen LogP contribution in [0.5, 0.6) is 0 Å². The molecule has 2 rings (SSSR count). The molecular formula is C12H13Cl2N3O. The van der Waals surface area contributed by atoms with Gasteiger partial charge < -0.3 is 5.11 Å². The lowest BCUT2D eigenvalue weighted by molar-refractivity contribution is 0.174. The smallest absolute Gasteiger partial charge is 0.138 e. The van der Waals surface area contributed by atoms with Crippen LogP contribution in [-0.4, -0.2) is 19.9 Å². The van der Waals surface area contributed by atoms with E-state index in [1.165, 1.54) is 6.33 Å². The third-order valence-corrected chi connectivity index (χ3v) is 3.27. The van der Waals surface area contributed by atoms with Gasteiger partial charge in [-0.2, -0.15) is 5.10 Å². The molecule has 1 aromatic heterocycles. The van der Waals surface area contributed by atoms with Crippen molar-refractivity contribution in [1.82, 2.24) is 14.8 Å². The Labute approximate surface area is 115 Å². The SMILES string of the molecule is CCn1ncnc1CC(O)c1cc(Cl)ccc1Cl. The zero-order valence-corrected chi connectivity index (χ0v) is 11.4. The Bertz CT molecular complexity index is 542. The standard InChI is InChI=1S/C12H13Cl2N3O/c1-2-17-12(15-7-16-17)6-11(18)9-5-8(13)3-4-10(9)14/h3-5,7,11,18H,2,6H2,1H3. The van der Waals surface area contributed by atoms with Gasteiger partial charge in [0.2, 0.25) is 0 Å². The molecule has 96 valence electrons. The minimum atomic E-state index is -0.745. The van der Waals surface area contributed by atoms with E-state index in [4.69, 9.17) is 23.2 Å². The second-order valence-electron chi connectivity index (χ2n) is 3.88. The quantitative estimate of drug-likeness (QED) is 0.940. The summed E-state index contributed by atoms with van der Waals surface area (Å²) in [7, 11) is 0. The van der Waals surface area contributed by atoms with E-state index in [2.05, 4.69) is 10.1 Å². The van der Waals surface area contributed by atoms with Crippen molar-refractivity contribution in [3.8, 4) is 0 Å². The van der Waals surface area contributed by atoms with E-state index in [9.17, 15) is 5.11 Å². The van der Waals surface area contributed by atoms with Gasteiger partial charge in [-0.1, -0.05) is 23.2 Å². The summed E-state index contributed by atoms with van der Waals surface area (Å²) in [6.07, 6.45) is 1.09. The highest BCUT2D eigenvalue weighted by Gasteiger charge is 2.16. The summed E-state index contributed by atoms with van der Waals surface area (Å²) in [5, 5.41) is 15.3. The number of halogens is 2. The van der Waals surface area contributed by atoms with E-state index in [0.717, 1.165) is 5.82 Å². The van der Waals surface area contributed by atoms with Gasteiger partial charge in [-0.25, -0.2) is 4.98 Å². The van der Waals surface area contributed by atoms with Crippen molar-refractivity contribution in [1.29, 1.82) is 0 Å². The van der Waals surface area contributed by atoms with Crippen molar-refractivity contribution in [2.45, 2.75) is 26.0 Å². The second kappa shape index (κ2) is 5.69. The number of aryl methyl sites for hydroxylation is 1. The zero-order chi connectivity index (χ0) is 13.1. The van der Waals surface area contributed by atoms with E-state index >= 15 is 0 Å². The lowest BCUT2D eigenvalue weighted by Crippen LogP contribution is -2.10. The molecule has 4 nitrogen and oxygen atoms in total. The number of aliphatic hydroxyl groups is 1. The van der Waals surface area contributed by atoms with Crippen LogP contribution >= 0.6 is 23.2 Å². The van der Waals surface area contributed by atoms with Crippen molar-refractivity contribution in [3.05, 3.63) is 46.0 Å². The molecule has 0 saturated carbocycles. The highest BCUT2D eigenvalue weighted by atomic mass is 35.5. The van der Waals surface area contributed by atoms with Crippen molar-refractivity contribution < 1.29 is 5.11 Å². The summed E-state index contributed by atoms with van der Waals surface area (Å²) in [6.45, 7) is 2.68. The van der Waals surface area contributed by atoms with Crippen LogP contribution in [0.2, 0.25) is 10.0 Å². The van der Waals surface area contributed by atoms with Crippen LogP contribution in [0.3, 0.4) is 0 Å². The summed E-state index contributed by atoms with van der Waals surface area (Å²) in [5.41, 5.74) is 0.606. The molecule has 0 fully saturated rings. The van der Waals surface area contributed by atoms with Gasteiger partial charge in [-0.05, 0) is 25.1 Å². The average Bonchev–Trinajstić information content (AvgIpc) is 2.79. The lowest BCUT2D eigenvalue weighted by Gasteiger charge is -2.13. The summed E-state index contributed by atoms with van der Waals surface area (Å²) in [4.78, 5) is 4.12. The Morgan fingerprint density at radius 3 is 2.89 bits per heavy atom. The van der Waals surface area contributed by atoms with Gasteiger partial charge in [0.1, 0.15) is 12.2 Å².